The smallest absolute Gasteiger partial charge is 0.410 e. The summed E-state index contributed by atoms with van der Waals surface area (Å²) in [6.45, 7) is 9.80. The molecule has 0 radical (unpaired) electrons. The zero-order chi connectivity index (χ0) is 42.3. The van der Waals surface area contributed by atoms with Crippen molar-refractivity contribution < 1.29 is 43.5 Å². The summed E-state index contributed by atoms with van der Waals surface area (Å²) in [5.41, 5.74) is 5.46. The van der Waals surface area contributed by atoms with E-state index in [2.05, 4.69) is 28.9 Å². The third-order valence-electron chi connectivity index (χ3n) is 11.8. The van der Waals surface area contributed by atoms with Crippen LogP contribution in [0.5, 0.6) is 11.5 Å². The molecule has 1 aromatic heterocycles. The maximum absolute atomic E-state index is 14.4. The van der Waals surface area contributed by atoms with E-state index in [4.69, 9.17) is 28.5 Å². The van der Waals surface area contributed by atoms with Crippen molar-refractivity contribution in [3.63, 3.8) is 0 Å². The number of carbonyl (C=O) groups is 1. The second-order valence-electron chi connectivity index (χ2n) is 15.9. The highest BCUT2D eigenvalue weighted by Crippen LogP contribution is 2.62. The Bertz CT molecular complexity index is 1900. The van der Waals surface area contributed by atoms with Crippen molar-refractivity contribution in [3.8, 4) is 11.5 Å². The van der Waals surface area contributed by atoms with Crippen LogP contribution in [0.15, 0.2) is 96.2 Å². The lowest BCUT2D eigenvalue weighted by Gasteiger charge is -2.59. The molecule has 0 saturated heterocycles. The van der Waals surface area contributed by atoms with Gasteiger partial charge >= 0.3 is 6.09 Å². The Morgan fingerprint density at radius 2 is 1.82 bits per heavy atom. The van der Waals surface area contributed by atoms with Gasteiger partial charge in [0.25, 0.3) is 0 Å². The molecule has 2 aliphatic carbocycles. The normalized spacial score (nSPS) is 23.4. The number of benzene rings is 2. The second-order valence-corrected chi connectivity index (χ2v) is 15.9. The number of unbranched alkanes of at least 4 members (excludes halogenated alkanes) is 2. The first-order valence-corrected chi connectivity index (χ1v) is 21.6. The second kappa shape index (κ2) is 22.2. The van der Waals surface area contributed by atoms with Gasteiger partial charge in [0.2, 0.25) is 5.79 Å². The zero-order valence-electron chi connectivity index (χ0n) is 35.5. The molecule has 324 valence electrons. The summed E-state index contributed by atoms with van der Waals surface area (Å²) in [6.07, 6.45) is 9.21. The van der Waals surface area contributed by atoms with Crippen LogP contribution in [0, 0.1) is 24.7 Å². The Labute approximate surface area is 355 Å². The highest BCUT2D eigenvalue weighted by atomic mass is 16.7. The first kappa shape index (κ1) is 44.8. The summed E-state index contributed by atoms with van der Waals surface area (Å²) >= 11 is 0. The van der Waals surface area contributed by atoms with Gasteiger partial charge in [-0.15, -0.1) is 6.58 Å². The lowest BCUT2D eigenvalue weighted by molar-refractivity contribution is -0.255. The van der Waals surface area contributed by atoms with Crippen molar-refractivity contribution in [1.82, 2.24) is 9.88 Å². The van der Waals surface area contributed by atoms with Gasteiger partial charge in [-0.25, -0.2) is 4.79 Å². The number of oxime groups is 1. The van der Waals surface area contributed by atoms with Crippen LogP contribution < -0.4 is 9.47 Å². The molecule has 2 N–H and O–H groups in total. The van der Waals surface area contributed by atoms with Crippen LogP contribution in [0.1, 0.15) is 86.7 Å². The maximum Gasteiger partial charge on any atom is 0.410 e. The van der Waals surface area contributed by atoms with Crippen molar-refractivity contribution in [3.05, 3.63) is 114 Å². The lowest BCUT2D eigenvalue weighted by atomic mass is 9.55. The van der Waals surface area contributed by atoms with Crippen molar-refractivity contribution in [2.75, 3.05) is 46.7 Å². The lowest BCUT2D eigenvalue weighted by Crippen LogP contribution is -2.70. The number of carbonyl (C=O) groups excluding carboxylic acids is 1. The number of amides is 1. The number of aliphatic hydroxyl groups is 2. The van der Waals surface area contributed by atoms with E-state index >= 15 is 0 Å². The fourth-order valence-electron chi connectivity index (χ4n) is 9.34. The molecule has 1 saturated carbocycles. The molecule has 12 nitrogen and oxygen atoms in total. The van der Waals surface area contributed by atoms with Gasteiger partial charge in [0.15, 0.2) is 0 Å². The minimum Gasteiger partial charge on any atom is -0.487 e. The number of rotatable bonds is 23. The summed E-state index contributed by atoms with van der Waals surface area (Å²) in [5.74, 6) is -0.439. The van der Waals surface area contributed by atoms with Gasteiger partial charge in [0.05, 0.1) is 37.1 Å². The molecule has 60 heavy (non-hydrogen) atoms. The number of hydrogen-bond acceptors (Lipinski definition) is 11. The van der Waals surface area contributed by atoms with Crippen LogP contribution in [-0.4, -0.2) is 90.4 Å². The van der Waals surface area contributed by atoms with Gasteiger partial charge in [0.1, 0.15) is 37.9 Å². The molecule has 1 aliphatic heterocycles. The molecule has 0 spiro atoms. The highest BCUT2D eigenvalue weighted by Gasteiger charge is 2.65. The highest BCUT2D eigenvalue weighted by molar-refractivity contribution is 6.02. The van der Waals surface area contributed by atoms with E-state index in [0.29, 0.717) is 50.5 Å². The number of fused-ring (bicyclic) bond motifs is 2. The molecule has 2 heterocycles. The number of allylic oxidation sites excluding steroid dienone is 1. The summed E-state index contributed by atoms with van der Waals surface area (Å²) < 4.78 is 32.5. The van der Waals surface area contributed by atoms with Crippen LogP contribution in [0.4, 0.5) is 4.79 Å². The van der Waals surface area contributed by atoms with Gasteiger partial charge in [-0.3, -0.25) is 9.88 Å². The third kappa shape index (κ3) is 10.6. The van der Waals surface area contributed by atoms with Crippen LogP contribution >= 0.6 is 0 Å². The maximum atomic E-state index is 14.4. The summed E-state index contributed by atoms with van der Waals surface area (Å²) in [6, 6.07) is 21.1. The fourth-order valence-corrected chi connectivity index (χ4v) is 9.34. The van der Waals surface area contributed by atoms with E-state index in [1.54, 1.807) is 18.1 Å². The predicted molar refractivity (Wildman–Crippen MR) is 230 cm³/mol. The minimum atomic E-state index is -1.37. The third-order valence-corrected chi connectivity index (χ3v) is 11.8. The number of aryl methyl sites for hydroxylation is 1. The van der Waals surface area contributed by atoms with Crippen LogP contribution in [-0.2, 0) is 32.3 Å². The van der Waals surface area contributed by atoms with Crippen molar-refractivity contribution in [2.24, 2.45) is 22.9 Å². The number of pyridine rings is 1. The Hall–Kier alpha value is -4.75. The quantitative estimate of drug-likeness (QED) is 0.0545. The monoisotopic (exact) mass is 825 g/mol. The molecule has 12 heteroatoms. The summed E-state index contributed by atoms with van der Waals surface area (Å²) in [5, 5.41) is 24.4. The summed E-state index contributed by atoms with van der Waals surface area (Å²) in [4.78, 5) is 26.3. The fraction of sp³-hybridized carbons (Fsp3) is 0.521. The standard InChI is InChI=1S/C48H63N3O9/c1-5-23-51(47(54)57-28-27-56-32-35-16-8-7-9-17-35)44-31-42(50-55-4)40-29-36(18-10-12-24-52)39(20-11-13-25-53)45-41-30-38(58-33-37-19-14-15-34(3)49-37)21-22-43(41)60-48(44,46(40)45)59-26-6-2/h6-9,14-17,19,21-22,29-30,36,39,44-46,52-53H,2,5,10-13,18,20,23-28,31-33H2,1,3-4H3. The van der Waals surface area contributed by atoms with Crippen LogP contribution in [0.25, 0.3) is 0 Å². The Kier molecular flexibility index (Phi) is 16.6. The van der Waals surface area contributed by atoms with Crippen molar-refractivity contribution >= 4 is 11.8 Å². The molecule has 1 amide bonds. The van der Waals surface area contributed by atoms with Crippen molar-refractivity contribution in [1.29, 1.82) is 0 Å². The molecule has 2 aromatic carbocycles. The molecule has 3 aromatic rings. The zero-order valence-corrected chi connectivity index (χ0v) is 35.5. The Morgan fingerprint density at radius 3 is 2.55 bits per heavy atom. The van der Waals surface area contributed by atoms with Gasteiger partial charge in [0, 0.05) is 43.4 Å². The molecule has 0 bridgehead atoms. The van der Waals surface area contributed by atoms with E-state index in [9.17, 15) is 15.0 Å². The van der Waals surface area contributed by atoms with Gasteiger partial charge in [-0.2, -0.15) is 0 Å². The summed E-state index contributed by atoms with van der Waals surface area (Å²) in [7, 11) is 1.54. The topological polar surface area (TPSA) is 141 Å². The van der Waals surface area contributed by atoms with E-state index in [0.717, 1.165) is 59.5 Å². The molecular weight excluding hydrogens is 763 g/mol. The predicted octanol–water partition coefficient (Wildman–Crippen LogP) is 8.30. The minimum absolute atomic E-state index is 0.0718. The average Bonchev–Trinajstić information content (AvgIpc) is 3.26. The van der Waals surface area contributed by atoms with E-state index in [1.807, 2.05) is 74.5 Å². The largest absolute Gasteiger partial charge is 0.487 e. The molecule has 6 atom stereocenters. The number of hydrogen-bond donors (Lipinski definition) is 2. The van der Waals surface area contributed by atoms with Crippen LogP contribution in [0.3, 0.4) is 0 Å². The first-order chi connectivity index (χ1) is 29.4. The Balaban J connectivity index is 1.43. The average molecular weight is 826 g/mol. The van der Waals surface area contributed by atoms with Crippen molar-refractivity contribution in [2.45, 2.75) is 96.2 Å². The number of ether oxygens (including phenoxy) is 5. The number of aromatic nitrogens is 1. The van der Waals surface area contributed by atoms with Gasteiger partial charge in [-0.1, -0.05) is 73.5 Å². The molecule has 3 aliphatic rings. The van der Waals surface area contributed by atoms with E-state index in [1.165, 1.54) is 0 Å². The molecule has 1 fully saturated rings. The SMILES string of the molecule is C=CCOC12Oc3ccc(OCc4cccc(C)n4)cc3C3C(CCCCO)C(CCCCO)C=C(C(=NOC)CC1N(CCC)C(=O)OCCOCc1ccccc1)C32. The number of nitrogens with zero attached hydrogens (tertiary/aromatic N) is 3. The van der Waals surface area contributed by atoms with E-state index in [-0.39, 0.29) is 57.2 Å². The molecular formula is C48H63N3O9. The van der Waals surface area contributed by atoms with Crippen LogP contribution in [0.2, 0.25) is 0 Å². The van der Waals surface area contributed by atoms with E-state index < -0.39 is 23.8 Å². The van der Waals surface area contributed by atoms with Gasteiger partial charge in [-0.05, 0) is 92.3 Å². The molecule has 6 unspecified atom stereocenters. The first-order valence-electron chi connectivity index (χ1n) is 21.6. The number of aliphatic hydroxyl groups excluding tert-OH is 2. The van der Waals surface area contributed by atoms with Gasteiger partial charge < -0.3 is 38.7 Å². The molecule has 6 rings (SSSR count). The Morgan fingerprint density at radius 1 is 1.02 bits per heavy atom.